The zero-order valence-electron chi connectivity index (χ0n) is 10.8. The lowest BCUT2D eigenvalue weighted by molar-refractivity contribution is 0.469. The van der Waals surface area contributed by atoms with Gasteiger partial charge in [-0.1, -0.05) is 61.5 Å². The smallest absolute Gasteiger partial charge is 0.0411 e. The Balaban J connectivity index is -0.0000000397. The van der Waals surface area contributed by atoms with E-state index in [0.717, 1.165) is 0 Å². The molecule has 0 saturated carbocycles. The maximum atomic E-state index is 3.36. The molecule has 0 spiro atoms. The van der Waals surface area contributed by atoms with Crippen LogP contribution < -0.4 is 0 Å². The minimum atomic E-state index is 0.500. The molecule has 0 bridgehead atoms. The van der Waals surface area contributed by atoms with Crippen molar-refractivity contribution in [2.24, 2.45) is 5.41 Å². The summed E-state index contributed by atoms with van der Waals surface area (Å²) in [5.74, 6) is 0. The minimum absolute atomic E-state index is 0.500. The second-order valence-electron chi connectivity index (χ2n) is 3.41. The number of rotatable bonds is 0. The fourth-order valence-electron chi connectivity index (χ4n) is 0. The van der Waals surface area contributed by atoms with Gasteiger partial charge >= 0.3 is 0 Å². The summed E-state index contributed by atoms with van der Waals surface area (Å²) in [5.41, 5.74) is 0.500. The van der Waals surface area contributed by atoms with Crippen LogP contribution in [0.15, 0.2) is 12.7 Å². The number of allylic oxidation sites excluding steroid dienone is 1. The maximum Gasteiger partial charge on any atom is -0.0411 e. The maximum absolute atomic E-state index is 3.36. The van der Waals surface area contributed by atoms with Crippen LogP contribution in [-0.4, -0.2) is 0 Å². The van der Waals surface area contributed by atoms with Crippen LogP contribution >= 0.6 is 0 Å². The SMILES string of the molecule is C=CC.CC.CC.CC(C)(C)C. The van der Waals surface area contributed by atoms with E-state index in [1.807, 2.05) is 34.6 Å². The van der Waals surface area contributed by atoms with E-state index in [1.54, 1.807) is 6.08 Å². The van der Waals surface area contributed by atoms with Gasteiger partial charge in [0.1, 0.15) is 0 Å². The molecule has 0 radical (unpaired) electrons. The largest absolute Gasteiger partial charge is 0.103 e. The van der Waals surface area contributed by atoms with Crippen LogP contribution in [0.25, 0.3) is 0 Å². The first-order valence-electron chi connectivity index (χ1n) is 4.99. The second-order valence-corrected chi connectivity index (χ2v) is 3.41. The van der Waals surface area contributed by atoms with Crippen molar-refractivity contribution >= 4 is 0 Å². The Morgan fingerprint density at radius 1 is 0.833 bits per heavy atom. The molecule has 0 saturated heterocycles. The third kappa shape index (κ3) is 11000. The average molecular weight is 174 g/mol. The third-order valence-electron chi connectivity index (χ3n) is 0. The Labute approximate surface area is 81.1 Å². The van der Waals surface area contributed by atoms with Crippen LogP contribution in [0.4, 0.5) is 0 Å². The van der Waals surface area contributed by atoms with Gasteiger partial charge in [0, 0.05) is 0 Å². The van der Waals surface area contributed by atoms with Crippen LogP contribution in [0.3, 0.4) is 0 Å². The zero-order valence-corrected chi connectivity index (χ0v) is 10.8. The predicted octanol–water partition coefficient (Wildman–Crippen LogP) is 5.30. The summed E-state index contributed by atoms with van der Waals surface area (Å²) in [7, 11) is 0. The van der Waals surface area contributed by atoms with Gasteiger partial charge in [-0.25, -0.2) is 0 Å². The molecule has 0 unspecified atom stereocenters. The normalized spacial score (nSPS) is 7.08. The van der Waals surface area contributed by atoms with Gasteiger partial charge in [-0.05, 0) is 12.3 Å². The fraction of sp³-hybridized carbons (Fsp3) is 0.833. The van der Waals surface area contributed by atoms with Gasteiger partial charge < -0.3 is 0 Å². The summed E-state index contributed by atoms with van der Waals surface area (Å²) >= 11 is 0. The van der Waals surface area contributed by atoms with Gasteiger partial charge in [0.15, 0.2) is 0 Å². The van der Waals surface area contributed by atoms with Crippen molar-refractivity contribution in [1.82, 2.24) is 0 Å². The first kappa shape index (κ1) is 22.6. The lowest BCUT2D eigenvalue weighted by atomic mass is 10.0. The first-order chi connectivity index (χ1) is 5.41. The molecule has 0 aliphatic carbocycles. The summed E-state index contributed by atoms with van der Waals surface area (Å²) in [5, 5.41) is 0. The Morgan fingerprint density at radius 3 is 0.833 bits per heavy atom. The second kappa shape index (κ2) is 22.4. The Hall–Kier alpha value is -0.260. The van der Waals surface area contributed by atoms with Gasteiger partial charge in [0.25, 0.3) is 0 Å². The van der Waals surface area contributed by atoms with Gasteiger partial charge in [0.05, 0.1) is 0 Å². The Kier molecular flexibility index (Phi) is 42.2. The average Bonchev–Trinajstić information content (AvgIpc) is 1.93. The quantitative estimate of drug-likeness (QED) is 0.437. The summed E-state index contributed by atoms with van der Waals surface area (Å²) in [6.45, 7) is 22.0. The molecule has 0 aromatic heterocycles. The predicted molar refractivity (Wildman–Crippen MR) is 63.7 cm³/mol. The van der Waals surface area contributed by atoms with Gasteiger partial charge in [0.2, 0.25) is 0 Å². The molecular formula is C12H30. The van der Waals surface area contributed by atoms with Crippen molar-refractivity contribution in [3.63, 3.8) is 0 Å². The molecule has 78 valence electrons. The zero-order chi connectivity index (χ0) is 11.2. The monoisotopic (exact) mass is 174 g/mol. The van der Waals surface area contributed by atoms with Crippen LogP contribution in [0, 0.1) is 5.41 Å². The third-order valence-corrected chi connectivity index (χ3v) is 0. The van der Waals surface area contributed by atoms with Gasteiger partial charge in [-0.2, -0.15) is 0 Å². The van der Waals surface area contributed by atoms with E-state index in [4.69, 9.17) is 0 Å². The number of hydrogen-bond acceptors (Lipinski definition) is 0. The number of hydrogen-bond donors (Lipinski definition) is 0. The van der Waals surface area contributed by atoms with Crippen molar-refractivity contribution < 1.29 is 0 Å². The molecular weight excluding hydrogens is 144 g/mol. The summed E-state index contributed by atoms with van der Waals surface area (Å²) in [4.78, 5) is 0. The summed E-state index contributed by atoms with van der Waals surface area (Å²) in [6.07, 6.45) is 1.75. The highest BCUT2D eigenvalue weighted by molar-refractivity contribution is 4.51. The molecule has 0 aliphatic rings. The standard InChI is InChI=1S/C5H12.C3H6.2C2H6/c1-5(2,3)4;1-3-2;2*1-2/h1-4H3;3H,1H2,2H3;2*1-2H3. The highest BCUT2D eigenvalue weighted by Crippen LogP contribution is 2.07. The van der Waals surface area contributed by atoms with Crippen molar-refractivity contribution in [2.75, 3.05) is 0 Å². The van der Waals surface area contributed by atoms with E-state index in [9.17, 15) is 0 Å². The Morgan fingerprint density at radius 2 is 0.833 bits per heavy atom. The minimum Gasteiger partial charge on any atom is -0.103 e. The van der Waals surface area contributed by atoms with Crippen LogP contribution in [0.5, 0.6) is 0 Å². The van der Waals surface area contributed by atoms with Gasteiger partial charge in [-0.15, -0.1) is 6.58 Å². The van der Waals surface area contributed by atoms with Crippen LogP contribution in [-0.2, 0) is 0 Å². The van der Waals surface area contributed by atoms with Gasteiger partial charge in [-0.3, -0.25) is 0 Å². The Bertz CT molecular complexity index is 39.5. The molecule has 0 nitrogen and oxygen atoms in total. The van der Waals surface area contributed by atoms with E-state index in [-0.39, 0.29) is 0 Å². The van der Waals surface area contributed by atoms with Crippen LogP contribution in [0.1, 0.15) is 62.3 Å². The molecule has 0 aliphatic heterocycles. The molecule has 0 aromatic carbocycles. The van der Waals surface area contributed by atoms with Crippen molar-refractivity contribution in [3.8, 4) is 0 Å². The fourth-order valence-corrected chi connectivity index (χ4v) is 0. The lowest BCUT2D eigenvalue weighted by Gasteiger charge is -2.05. The lowest BCUT2D eigenvalue weighted by Crippen LogP contribution is -1.93. The van der Waals surface area contributed by atoms with Crippen LogP contribution in [0.2, 0.25) is 0 Å². The highest BCUT2D eigenvalue weighted by Gasteiger charge is 1.95. The van der Waals surface area contributed by atoms with E-state index < -0.39 is 0 Å². The first-order valence-corrected chi connectivity index (χ1v) is 4.99. The van der Waals surface area contributed by atoms with Crippen molar-refractivity contribution in [3.05, 3.63) is 12.7 Å². The molecule has 0 amide bonds. The molecule has 12 heavy (non-hydrogen) atoms. The molecule has 0 atom stereocenters. The van der Waals surface area contributed by atoms with E-state index >= 15 is 0 Å². The topological polar surface area (TPSA) is 0 Å². The summed E-state index contributed by atoms with van der Waals surface area (Å²) < 4.78 is 0. The molecule has 0 heteroatoms. The van der Waals surface area contributed by atoms with Crippen molar-refractivity contribution in [2.45, 2.75) is 62.3 Å². The van der Waals surface area contributed by atoms with Crippen molar-refractivity contribution in [1.29, 1.82) is 0 Å². The molecule has 0 rings (SSSR count). The highest BCUT2D eigenvalue weighted by atomic mass is 14.0. The molecule has 0 heterocycles. The molecule has 0 N–H and O–H groups in total. The van der Waals surface area contributed by atoms with E-state index in [2.05, 4.69) is 34.3 Å². The van der Waals surface area contributed by atoms with E-state index in [1.165, 1.54) is 0 Å². The summed E-state index contributed by atoms with van der Waals surface area (Å²) in [6, 6.07) is 0. The molecule has 0 aromatic rings. The molecule has 0 fully saturated rings. The van der Waals surface area contributed by atoms with E-state index in [0.29, 0.717) is 5.41 Å².